The molecule has 1 unspecified atom stereocenters. The van der Waals surface area contributed by atoms with Crippen molar-refractivity contribution < 1.29 is 22.8 Å². The van der Waals surface area contributed by atoms with Crippen molar-refractivity contribution in [3.8, 4) is 0 Å². The smallest absolute Gasteiger partial charge is 0.350 e. The summed E-state index contributed by atoms with van der Waals surface area (Å²) in [7, 11) is 0. The highest BCUT2D eigenvalue weighted by molar-refractivity contribution is 6.30. The fourth-order valence-corrected chi connectivity index (χ4v) is 2.37. The van der Waals surface area contributed by atoms with Crippen LogP contribution in [-0.2, 0) is 16.1 Å². The van der Waals surface area contributed by atoms with Crippen LogP contribution in [0, 0.1) is 0 Å². The minimum absolute atomic E-state index is 0.0802. The number of halogens is 4. The number of carbonyl (C=O) groups is 2. The lowest BCUT2D eigenvalue weighted by molar-refractivity contribution is -0.200. The summed E-state index contributed by atoms with van der Waals surface area (Å²) in [5.74, 6) is -2.59. The third kappa shape index (κ3) is 3.19. The van der Waals surface area contributed by atoms with Crippen molar-refractivity contribution in [1.82, 2.24) is 10.2 Å². The van der Waals surface area contributed by atoms with Crippen molar-refractivity contribution in [2.24, 2.45) is 0 Å². The number of alkyl halides is 3. The SMILES string of the molecule is CC1(C(=O)NCc2ccc(Cl)cc2)CCN1C(=O)C(F)(F)F. The van der Waals surface area contributed by atoms with E-state index < -0.39 is 23.5 Å². The number of rotatable bonds is 3. The Bertz CT molecular complexity index is 589. The highest BCUT2D eigenvalue weighted by Gasteiger charge is 2.56. The average molecular weight is 335 g/mol. The van der Waals surface area contributed by atoms with Gasteiger partial charge in [0.1, 0.15) is 5.54 Å². The Kier molecular flexibility index (Phi) is 4.37. The third-order valence-electron chi connectivity index (χ3n) is 3.76. The van der Waals surface area contributed by atoms with Crippen LogP contribution in [-0.4, -0.2) is 35.0 Å². The van der Waals surface area contributed by atoms with Crippen molar-refractivity contribution in [3.63, 3.8) is 0 Å². The predicted octanol–water partition coefficient (Wildman–Crippen LogP) is 2.51. The zero-order valence-electron chi connectivity index (χ0n) is 11.7. The first-order valence-corrected chi connectivity index (χ1v) is 6.94. The minimum Gasteiger partial charge on any atom is -0.350 e. The number of nitrogens with zero attached hydrogens (tertiary/aromatic N) is 1. The number of hydrogen-bond donors (Lipinski definition) is 1. The molecule has 1 atom stereocenters. The summed E-state index contributed by atoms with van der Waals surface area (Å²) in [4.78, 5) is 24.0. The molecule has 120 valence electrons. The molecular formula is C14H14ClF3N2O2. The van der Waals surface area contributed by atoms with Crippen LogP contribution in [0.2, 0.25) is 5.02 Å². The minimum atomic E-state index is -4.97. The molecule has 1 aliphatic rings. The quantitative estimate of drug-likeness (QED) is 0.923. The molecule has 1 N–H and O–H groups in total. The summed E-state index contributed by atoms with van der Waals surface area (Å²) in [5, 5.41) is 3.10. The molecule has 1 aromatic carbocycles. The van der Waals surface area contributed by atoms with Gasteiger partial charge in [-0.05, 0) is 31.0 Å². The molecule has 0 spiro atoms. The van der Waals surface area contributed by atoms with E-state index in [9.17, 15) is 22.8 Å². The van der Waals surface area contributed by atoms with Gasteiger partial charge >= 0.3 is 12.1 Å². The van der Waals surface area contributed by atoms with Crippen LogP contribution in [0.5, 0.6) is 0 Å². The number of likely N-dealkylation sites (tertiary alicyclic amines) is 1. The molecule has 1 aliphatic heterocycles. The Morgan fingerprint density at radius 1 is 1.32 bits per heavy atom. The Labute approximate surface area is 130 Å². The molecule has 2 rings (SSSR count). The van der Waals surface area contributed by atoms with E-state index in [0.29, 0.717) is 9.92 Å². The lowest BCUT2D eigenvalue weighted by atomic mass is 9.85. The first-order chi connectivity index (χ1) is 10.1. The van der Waals surface area contributed by atoms with Crippen LogP contribution < -0.4 is 5.32 Å². The van der Waals surface area contributed by atoms with E-state index in [0.717, 1.165) is 5.56 Å². The van der Waals surface area contributed by atoms with Crippen LogP contribution in [0.4, 0.5) is 13.2 Å². The summed E-state index contributed by atoms with van der Waals surface area (Å²) < 4.78 is 37.4. The Balaban J connectivity index is 1.99. The molecule has 0 bridgehead atoms. The predicted molar refractivity (Wildman–Crippen MR) is 74.1 cm³/mol. The summed E-state index contributed by atoms with van der Waals surface area (Å²) in [6, 6.07) is 6.69. The monoisotopic (exact) mass is 334 g/mol. The first-order valence-electron chi connectivity index (χ1n) is 6.56. The number of hydrogen-bond acceptors (Lipinski definition) is 2. The van der Waals surface area contributed by atoms with Crippen LogP contribution in [0.25, 0.3) is 0 Å². The maximum Gasteiger partial charge on any atom is 0.471 e. The average Bonchev–Trinajstić information content (AvgIpc) is 2.43. The van der Waals surface area contributed by atoms with Gasteiger partial charge in [0.25, 0.3) is 0 Å². The van der Waals surface area contributed by atoms with Gasteiger partial charge in [-0.25, -0.2) is 0 Å². The van der Waals surface area contributed by atoms with Crippen molar-refractivity contribution in [1.29, 1.82) is 0 Å². The van der Waals surface area contributed by atoms with E-state index in [1.807, 2.05) is 0 Å². The first kappa shape index (κ1) is 16.6. The standard InChI is InChI=1S/C14H14ClF3N2O2/c1-13(6-7-20(13)12(22)14(16,17)18)11(21)19-8-9-2-4-10(15)5-3-9/h2-5H,6-8H2,1H3,(H,19,21). The summed E-state index contributed by atoms with van der Waals surface area (Å²) in [6.45, 7) is 1.40. The zero-order valence-corrected chi connectivity index (χ0v) is 12.5. The normalized spacial score (nSPS) is 21.2. The molecule has 0 aromatic heterocycles. The van der Waals surface area contributed by atoms with E-state index in [2.05, 4.69) is 5.32 Å². The summed E-state index contributed by atoms with van der Waals surface area (Å²) >= 11 is 5.74. The van der Waals surface area contributed by atoms with E-state index in [1.165, 1.54) is 6.92 Å². The van der Waals surface area contributed by atoms with E-state index in [4.69, 9.17) is 11.6 Å². The molecule has 0 radical (unpaired) electrons. The van der Waals surface area contributed by atoms with Gasteiger partial charge in [-0.15, -0.1) is 0 Å². The maximum atomic E-state index is 12.5. The number of benzene rings is 1. The van der Waals surface area contributed by atoms with Crippen molar-refractivity contribution in [2.45, 2.75) is 31.6 Å². The highest BCUT2D eigenvalue weighted by Crippen LogP contribution is 2.34. The molecule has 1 aromatic rings. The van der Waals surface area contributed by atoms with Gasteiger partial charge in [0, 0.05) is 18.1 Å². The van der Waals surface area contributed by atoms with Crippen LogP contribution in [0.3, 0.4) is 0 Å². The molecule has 8 heteroatoms. The van der Waals surface area contributed by atoms with Crippen LogP contribution in [0.1, 0.15) is 18.9 Å². The van der Waals surface area contributed by atoms with Crippen LogP contribution >= 0.6 is 11.6 Å². The topological polar surface area (TPSA) is 49.4 Å². The highest BCUT2D eigenvalue weighted by atomic mass is 35.5. The maximum absolute atomic E-state index is 12.5. The Hall–Kier alpha value is -1.76. The van der Waals surface area contributed by atoms with Crippen molar-refractivity contribution >= 4 is 23.4 Å². The van der Waals surface area contributed by atoms with E-state index in [1.54, 1.807) is 24.3 Å². The number of carbonyl (C=O) groups excluding carboxylic acids is 2. The zero-order chi connectivity index (χ0) is 16.5. The van der Waals surface area contributed by atoms with Gasteiger partial charge < -0.3 is 10.2 Å². The van der Waals surface area contributed by atoms with Gasteiger partial charge in [-0.1, -0.05) is 23.7 Å². The molecule has 1 fully saturated rings. The molecule has 4 nitrogen and oxygen atoms in total. The molecule has 0 saturated carbocycles. The van der Waals surface area contributed by atoms with Gasteiger partial charge in [-0.3, -0.25) is 9.59 Å². The summed E-state index contributed by atoms with van der Waals surface area (Å²) in [6.07, 6.45) is -4.78. The third-order valence-corrected chi connectivity index (χ3v) is 4.01. The Morgan fingerprint density at radius 2 is 1.91 bits per heavy atom. The Morgan fingerprint density at radius 3 is 2.36 bits per heavy atom. The van der Waals surface area contributed by atoms with Gasteiger partial charge in [0.2, 0.25) is 5.91 Å². The second-order valence-corrected chi connectivity index (χ2v) is 5.72. The largest absolute Gasteiger partial charge is 0.471 e. The molecule has 0 aliphatic carbocycles. The number of nitrogens with one attached hydrogen (secondary N) is 1. The lowest BCUT2D eigenvalue weighted by Crippen LogP contribution is -2.69. The van der Waals surface area contributed by atoms with Crippen molar-refractivity contribution in [3.05, 3.63) is 34.9 Å². The lowest BCUT2D eigenvalue weighted by Gasteiger charge is -2.49. The second-order valence-electron chi connectivity index (χ2n) is 5.29. The van der Waals surface area contributed by atoms with Gasteiger partial charge in [0.05, 0.1) is 0 Å². The molecular weight excluding hydrogens is 321 g/mol. The number of amides is 2. The molecule has 2 amide bonds. The molecule has 1 saturated heterocycles. The fraction of sp³-hybridized carbons (Fsp3) is 0.429. The van der Waals surface area contributed by atoms with Crippen molar-refractivity contribution in [2.75, 3.05) is 6.54 Å². The van der Waals surface area contributed by atoms with Gasteiger partial charge in [0.15, 0.2) is 0 Å². The van der Waals surface area contributed by atoms with Crippen LogP contribution in [0.15, 0.2) is 24.3 Å². The summed E-state index contributed by atoms with van der Waals surface area (Å²) in [5.41, 5.74) is -0.701. The van der Waals surface area contributed by atoms with E-state index >= 15 is 0 Å². The molecule has 22 heavy (non-hydrogen) atoms. The fourth-order valence-electron chi connectivity index (χ4n) is 2.25. The van der Waals surface area contributed by atoms with E-state index in [-0.39, 0.29) is 19.5 Å². The molecule has 1 heterocycles. The van der Waals surface area contributed by atoms with Gasteiger partial charge in [-0.2, -0.15) is 13.2 Å². The second kappa shape index (κ2) is 5.79.